The van der Waals surface area contributed by atoms with Gasteiger partial charge < -0.3 is 15.1 Å². The van der Waals surface area contributed by atoms with Gasteiger partial charge in [-0.1, -0.05) is 0 Å². The van der Waals surface area contributed by atoms with Gasteiger partial charge in [0, 0.05) is 6.20 Å². The Balaban J connectivity index is 2.16. The number of nitrogen functional groups attached to an aromatic ring is 1. The predicted molar refractivity (Wildman–Crippen MR) is 57.7 cm³/mol. The molecule has 6 heteroatoms. The lowest BCUT2D eigenvalue weighted by molar-refractivity contribution is 0.545. The van der Waals surface area contributed by atoms with Crippen molar-refractivity contribution in [2.24, 2.45) is 0 Å². The molecule has 80 valence electrons. The number of furan rings is 1. The maximum Gasteiger partial charge on any atom is 0.199 e. The number of H-pyrrole nitrogens is 1. The summed E-state index contributed by atoms with van der Waals surface area (Å²) in [5.74, 6) is 2.81. The van der Waals surface area contributed by atoms with Crippen molar-refractivity contribution in [2.45, 2.75) is 6.92 Å². The molecule has 3 rings (SSSR count). The molecule has 3 heterocycles. The summed E-state index contributed by atoms with van der Waals surface area (Å²) < 4.78 is 5.44. The van der Waals surface area contributed by atoms with Crippen LogP contribution in [0.15, 0.2) is 22.7 Å². The van der Waals surface area contributed by atoms with Crippen LogP contribution in [-0.2, 0) is 0 Å². The van der Waals surface area contributed by atoms with E-state index in [1.165, 1.54) is 0 Å². The van der Waals surface area contributed by atoms with Crippen LogP contribution in [0.25, 0.3) is 23.1 Å². The second-order valence-corrected chi connectivity index (χ2v) is 3.45. The number of nitrogens with one attached hydrogen (secondary N) is 1. The van der Waals surface area contributed by atoms with Gasteiger partial charge in [0.2, 0.25) is 0 Å². The molecule has 0 spiro atoms. The number of anilines is 1. The SMILES string of the molecule is Cc1ccc(-c2nc3c[nH]c(N)nc-3n2)o1. The van der Waals surface area contributed by atoms with Gasteiger partial charge in [0.15, 0.2) is 23.4 Å². The molecule has 0 bridgehead atoms. The Morgan fingerprint density at radius 3 is 2.81 bits per heavy atom. The van der Waals surface area contributed by atoms with Gasteiger partial charge in [-0.15, -0.1) is 0 Å². The van der Waals surface area contributed by atoms with Crippen LogP contribution in [0.5, 0.6) is 0 Å². The summed E-state index contributed by atoms with van der Waals surface area (Å²) in [5, 5.41) is 0. The van der Waals surface area contributed by atoms with E-state index < -0.39 is 0 Å². The molecule has 3 N–H and O–H groups in total. The Morgan fingerprint density at radius 1 is 1.19 bits per heavy atom. The molecule has 0 atom stereocenters. The summed E-state index contributed by atoms with van der Waals surface area (Å²) in [4.78, 5) is 15.3. The summed E-state index contributed by atoms with van der Waals surface area (Å²) in [6, 6.07) is 3.70. The summed E-state index contributed by atoms with van der Waals surface area (Å²) in [5.41, 5.74) is 6.18. The van der Waals surface area contributed by atoms with Crippen LogP contribution in [0, 0.1) is 6.92 Å². The molecule has 16 heavy (non-hydrogen) atoms. The Labute approximate surface area is 90.9 Å². The number of aromatic nitrogens is 4. The molecule has 0 amide bonds. The monoisotopic (exact) mass is 215 g/mol. The molecule has 1 aromatic heterocycles. The standard InChI is InChI=1S/C10H9N5O/c1-5-2-3-7(16-5)9-13-6-4-12-10(11)15-8(6)14-9/h2-4H,1H3,(H3,11,12,13,14,15). The number of nitrogens with zero attached hydrogens (tertiary/aromatic N) is 3. The third-order valence-corrected chi connectivity index (χ3v) is 2.21. The van der Waals surface area contributed by atoms with E-state index in [2.05, 4.69) is 19.9 Å². The van der Waals surface area contributed by atoms with Crippen LogP contribution in [0.4, 0.5) is 5.95 Å². The third-order valence-electron chi connectivity index (χ3n) is 2.21. The molecule has 6 nitrogen and oxygen atoms in total. The van der Waals surface area contributed by atoms with Crippen molar-refractivity contribution in [3.05, 3.63) is 24.1 Å². The molecule has 0 aliphatic carbocycles. The number of rotatable bonds is 1. The van der Waals surface area contributed by atoms with E-state index in [0.29, 0.717) is 29.1 Å². The molecule has 2 aliphatic rings. The van der Waals surface area contributed by atoms with Crippen molar-refractivity contribution < 1.29 is 4.42 Å². The van der Waals surface area contributed by atoms with Gasteiger partial charge in [0.25, 0.3) is 0 Å². The third kappa shape index (κ3) is 1.31. The lowest BCUT2D eigenvalue weighted by Crippen LogP contribution is -1.96. The molecule has 1 aromatic rings. The van der Waals surface area contributed by atoms with Crippen LogP contribution in [0.3, 0.4) is 0 Å². The highest BCUT2D eigenvalue weighted by Crippen LogP contribution is 2.24. The molecule has 0 fully saturated rings. The molecule has 0 unspecified atom stereocenters. The fourth-order valence-corrected chi connectivity index (χ4v) is 1.48. The smallest absolute Gasteiger partial charge is 0.199 e. The van der Waals surface area contributed by atoms with Gasteiger partial charge in [-0.05, 0) is 19.1 Å². The minimum absolute atomic E-state index is 0.314. The van der Waals surface area contributed by atoms with Crippen LogP contribution in [-0.4, -0.2) is 19.9 Å². The van der Waals surface area contributed by atoms with Crippen molar-refractivity contribution in [1.29, 1.82) is 0 Å². The van der Waals surface area contributed by atoms with Gasteiger partial charge in [-0.3, -0.25) is 0 Å². The van der Waals surface area contributed by atoms with E-state index in [-0.39, 0.29) is 0 Å². The minimum Gasteiger partial charge on any atom is -0.458 e. The van der Waals surface area contributed by atoms with Gasteiger partial charge in [-0.2, -0.15) is 4.98 Å². The van der Waals surface area contributed by atoms with E-state index >= 15 is 0 Å². The van der Waals surface area contributed by atoms with Gasteiger partial charge in [0.1, 0.15) is 11.5 Å². The molecule has 0 saturated carbocycles. The molecule has 0 radical (unpaired) electrons. The Bertz CT molecular complexity index is 612. The van der Waals surface area contributed by atoms with Crippen molar-refractivity contribution >= 4 is 5.95 Å². The zero-order chi connectivity index (χ0) is 11.1. The van der Waals surface area contributed by atoms with E-state index in [1.807, 2.05) is 19.1 Å². The van der Waals surface area contributed by atoms with Crippen molar-refractivity contribution in [3.8, 4) is 23.1 Å². The fraction of sp³-hybridized carbons (Fsp3) is 0.100. The lowest BCUT2D eigenvalue weighted by atomic mass is 10.4. The number of nitrogens with two attached hydrogens (primary N) is 1. The highest BCUT2D eigenvalue weighted by Gasteiger charge is 2.15. The largest absolute Gasteiger partial charge is 0.458 e. The first-order chi connectivity index (χ1) is 7.72. The van der Waals surface area contributed by atoms with Crippen LogP contribution >= 0.6 is 0 Å². The van der Waals surface area contributed by atoms with Gasteiger partial charge in [0.05, 0.1) is 0 Å². The summed E-state index contributed by atoms with van der Waals surface area (Å²) in [7, 11) is 0. The normalized spacial score (nSPS) is 11.1. The zero-order valence-electron chi connectivity index (χ0n) is 8.56. The van der Waals surface area contributed by atoms with Crippen molar-refractivity contribution in [1.82, 2.24) is 19.9 Å². The molecule has 0 saturated heterocycles. The van der Waals surface area contributed by atoms with Crippen LogP contribution in [0.1, 0.15) is 5.76 Å². The van der Waals surface area contributed by atoms with E-state index in [0.717, 1.165) is 5.76 Å². The quantitative estimate of drug-likeness (QED) is 0.640. The van der Waals surface area contributed by atoms with Gasteiger partial charge >= 0.3 is 0 Å². The Hall–Kier alpha value is -2.37. The van der Waals surface area contributed by atoms with Gasteiger partial charge in [-0.25, -0.2) is 9.97 Å². The first-order valence-corrected chi connectivity index (χ1v) is 4.78. The Kier molecular flexibility index (Phi) is 1.70. The van der Waals surface area contributed by atoms with E-state index in [9.17, 15) is 0 Å². The first-order valence-electron chi connectivity index (χ1n) is 4.78. The average Bonchev–Trinajstić information content (AvgIpc) is 2.83. The summed E-state index contributed by atoms with van der Waals surface area (Å²) >= 11 is 0. The number of fused-ring (bicyclic) bond motifs is 1. The number of hydrogen-bond acceptors (Lipinski definition) is 5. The second kappa shape index (κ2) is 3.06. The molecule has 0 aromatic carbocycles. The van der Waals surface area contributed by atoms with Crippen molar-refractivity contribution in [2.75, 3.05) is 5.73 Å². The second-order valence-electron chi connectivity index (χ2n) is 3.45. The molecular weight excluding hydrogens is 206 g/mol. The average molecular weight is 215 g/mol. The minimum atomic E-state index is 0.314. The number of aromatic amines is 1. The predicted octanol–water partition coefficient (Wildman–Crippen LogP) is 1.46. The molecule has 2 aliphatic heterocycles. The maximum atomic E-state index is 5.52. The number of imidazole rings is 1. The van der Waals surface area contributed by atoms with Crippen LogP contribution in [0.2, 0.25) is 0 Å². The fourth-order valence-electron chi connectivity index (χ4n) is 1.48. The highest BCUT2D eigenvalue weighted by molar-refractivity contribution is 5.60. The van der Waals surface area contributed by atoms with E-state index in [1.54, 1.807) is 6.20 Å². The molecular formula is C10H9N5O. The number of aryl methyl sites for hydroxylation is 1. The maximum absolute atomic E-state index is 5.52. The highest BCUT2D eigenvalue weighted by atomic mass is 16.3. The lowest BCUT2D eigenvalue weighted by Gasteiger charge is -1.94. The summed E-state index contributed by atoms with van der Waals surface area (Å²) in [6.45, 7) is 1.87. The Morgan fingerprint density at radius 2 is 2.06 bits per heavy atom. The van der Waals surface area contributed by atoms with Crippen molar-refractivity contribution in [3.63, 3.8) is 0 Å². The number of hydrogen-bond donors (Lipinski definition) is 2. The van der Waals surface area contributed by atoms with Crippen LogP contribution < -0.4 is 5.73 Å². The van der Waals surface area contributed by atoms with E-state index in [4.69, 9.17) is 10.2 Å². The zero-order valence-corrected chi connectivity index (χ0v) is 8.56. The topological polar surface area (TPSA) is 93.6 Å². The summed E-state index contributed by atoms with van der Waals surface area (Å²) in [6.07, 6.45) is 1.67. The first kappa shape index (κ1) is 8.90.